The second-order valence-corrected chi connectivity index (χ2v) is 9.65. The Kier molecular flexibility index (Phi) is 6.55. The molecule has 0 radical (unpaired) electrons. The summed E-state index contributed by atoms with van der Waals surface area (Å²) in [6, 6.07) is 16.3. The highest BCUT2D eigenvalue weighted by molar-refractivity contribution is 7.98. The standard InChI is InChI=1S/C26H23F3N2O3S/c1-16-13-20(11-12-23(16)34-25(2,3)24(32)33)35-15-17-5-4-6-22-21(17)14-31(30-22)19-9-7-18(8-10-19)26(27,28)29/h4-14H,15H2,1-3H3,(H,32,33). The van der Waals surface area contributed by atoms with Gasteiger partial charge in [-0.05, 0) is 80.4 Å². The third kappa shape index (κ3) is 5.45. The number of rotatable bonds is 7. The molecule has 0 fully saturated rings. The lowest BCUT2D eigenvalue weighted by Gasteiger charge is -2.23. The molecule has 35 heavy (non-hydrogen) atoms. The summed E-state index contributed by atoms with van der Waals surface area (Å²) in [4.78, 5) is 12.3. The van der Waals surface area contributed by atoms with Crippen molar-refractivity contribution < 1.29 is 27.8 Å². The van der Waals surface area contributed by atoms with Crippen LogP contribution in [0.2, 0.25) is 0 Å². The van der Waals surface area contributed by atoms with Gasteiger partial charge in [0.2, 0.25) is 0 Å². The summed E-state index contributed by atoms with van der Waals surface area (Å²) in [5, 5.41) is 14.7. The zero-order valence-corrected chi connectivity index (χ0v) is 20.1. The molecule has 4 aromatic rings. The van der Waals surface area contributed by atoms with Crippen LogP contribution in [0.1, 0.15) is 30.5 Å². The number of carboxylic acids is 1. The maximum absolute atomic E-state index is 12.9. The molecule has 5 nitrogen and oxygen atoms in total. The van der Waals surface area contributed by atoms with E-state index >= 15 is 0 Å². The van der Waals surface area contributed by atoms with Crippen LogP contribution >= 0.6 is 11.8 Å². The number of carbonyl (C=O) groups is 1. The van der Waals surface area contributed by atoms with Gasteiger partial charge < -0.3 is 9.84 Å². The summed E-state index contributed by atoms with van der Waals surface area (Å²) in [6.45, 7) is 4.87. The largest absolute Gasteiger partial charge is 0.478 e. The molecule has 3 aromatic carbocycles. The maximum atomic E-state index is 12.9. The van der Waals surface area contributed by atoms with E-state index in [1.54, 1.807) is 22.5 Å². The van der Waals surface area contributed by atoms with Crippen LogP contribution in [0.15, 0.2) is 71.8 Å². The molecule has 4 rings (SSSR count). The summed E-state index contributed by atoms with van der Waals surface area (Å²) < 4.78 is 45.8. The second-order valence-electron chi connectivity index (χ2n) is 8.60. The summed E-state index contributed by atoms with van der Waals surface area (Å²) in [5.41, 5.74) is 1.13. The summed E-state index contributed by atoms with van der Waals surface area (Å²) in [6.07, 6.45) is -2.56. The number of carboxylic acid groups (broad SMARTS) is 1. The van der Waals surface area contributed by atoms with Crippen molar-refractivity contribution in [3.63, 3.8) is 0 Å². The minimum atomic E-state index is -4.38. The fourth-order valence-corrected chi connectivity index (χ4v) is 4.47. The molecule has 0 saturated heterocycles. The molecule has 0 aliphatic rings. The monoisotopic (exact) mass is 500 g/mol. The molecule has 1 aromatic heterocycles. The minimum Gasteiger partial charge on any atom is -0.478 e. The molecule has 0 saturated carbocycles. The Bertz CT molecular complexity index is 1380. The van der Waals surface area contributed by atoms with Gasteiger partial charge in [-0.3, -0.25) is 0 Å². The smallest absolute Gasteiger partial charge is 0.416 e. The molecule has 0 amide bonds. The van der Waals surface area contributed by atoms with Crippen LogP contribution < -0.4 is 4.74 Å². The van der Waals surface area contributed by atoms with Crippen molar-refractivity contribution in [2.24, 2.45) is 0 Å². The van der Waals surface area contributed by atoms with Gasteiger partial charge in [0, 0.05) is 22.2 Å². The molecule has 0 atom stereocenters. The van der Waals surface area contributed by atoms with E-state index in [1.807, 2.05) is 43.5 Å². The summed E-state index contributed by atoms with van der Waals surface area (Å²) >= 11 is 1.61. The van der Waals surface area contributed by atoms with E-state index in [0.29, 0.717) is 17.2 Å². The van der Waals surface area contributed by atoms with E-state index in [0.717, 1.165) is 39.1 Å². The number of fused-ring (bicyclic) bond motifs is 1. The Morgan fingerprint density at radius 3 is 2.43 bits per heavy atom. The fourth-order valence-electron chi connectivity index (χ4n) is 3.47. The van der Waals surface area contributed by atoms with Crippen molar-refractivity contribution in [3.05, 3.63) is 83.6 Å². The lowest BCUT2D eigenvalue weighted by Crippen LogP contribution is -2.38. The van der Waals surface area contributed by atoms with Crippen molar-refractivity contribution in [2.75, 3.05) is 0 Å². The number of hydrogen-bond acceptors (Lipinski definition) is 4. The Hall–Kier alpha value is -3.46. The second kappa shape index (κ2) is 9.30. The van der Waals surface area contributed by atoms with Crippen LogP contribution in [0.4, 0.5) is 13.2 Å². The van der Waals surface area contributed by atoms with E-state index in [4.69, 9.17) is 4.74 Å². The van der Waals surface area contributed by atoms with Gasteiger partial charge in [0.05, 0.1) is 16.8 Å². The zero-order chi connectivity index (χ0) is 25.4. The number of thioether (sulfide) groups is 1. The third-order valence-corrected chi connectivity index (χ3v) is 6.56. The number of hydrogen-bond donors (Lipinski definition) is 1. The van der Waals surface area contributed by atoms with E-state index < -0.39 is 23.3 Å². The number of alkyl halides is 3. The first-order valence-corrected chi connectivity index (χ1v) is 11.7. The van der Waals surface area contributed by atoms with Crippen LogP contribution in [0.3, 0.4) is 0 Å². The average Bonchev–Trinajstić information content (AvgIpc) is 3.24. The van der Waals surface area contributed by atoms with E-state index in [-0.39, 0.29) is 0 Å². The lowest BCUT2D eigenvalue weighted by atomic mass is 10.1. The maximum Gasteiger partial charge on any atom is 0.416 e. The molecule has 9 heteroatoms. The third-order valence-electron chi connectivity index (χ3n) is 5.52. The van der Waals surface area contributed by atoms with Gasteiger partial charge in [-0.2, -0.15) is 18.3 Å². The van der Waals surface area contributed by atoms with E-state index in [2.05, 4.69) is 5.10 Å². The molecule has 1 heterocycles. The molecule has 0 bridgehead atoms. The highest BCUT2D eigenvalue weighted by Crippen LogP contribution is 2.33. The van der Waals surface area contributed by atoms with Crippen molar-refractivity contribution in [1.29, 1.82) is 0 Å². The first kappa shape index (κ1) is 24.7. The molecular weight excluding hydrogens is 477 g/mol. The number of aromatic nitrogens is 2. The predicted molar refractivity (Wildman–Crippen MR) is 129 cm³/mol. The van der Waals surface area contributed by atoms with Crippen molar-refractivity contribution in [2.45, 2.75) is 43.2 Å². The molecule has 0 aliphatic heterocycles. The van der Waals surface area contributed by atoms with Crippen LogP contribution in [-0.2, 0) is 16.7 Å². The number of aryl methyl sites for hydroxylation is 1. The lowest BCUT2D eigenvalue weighted by molar-refractivity contribution is -0.152. The van der Waals surface area contributed by atoms with Gasteiger partial charge in [0.15, 0.2) is 5.60 Å². The topological polar surface area (TPSA) is 64.4 Å². The Morgan fingerprint density at radius 1 is 1.09 bits per heavy atom. The number of aliphatic carboxylic acids is 1. The van der Waals surface area contributed by atoms with Crippen molar-refractivity contribution in [3.8, 4) is 11.4 Å². The average molecular weight is 501 g/mol. The van der Waals surface area contributed by atoms with Gasteiger partial charge in [-0.1, -0.05) is 12.1 Å². The summed E-state index contributed by atoms with van der Waals surface area (Å²) in [5.74, 6) is 0.123. The molecule has 182 valence electrons. The number of benzene rings is 3. The highest BCUT2D eigenvalue weighted by Gasteiger charge is 2.30. The van der Waals surface area contributed by atoms with Gasteiger partial charge in [0.1, 0.15) is 5.75 Å². The molecule has 0 spiro atoms. The van der Waals surface area contributed by atoms with Gasteiger partial charge >= 0.3 is 12.1 Å². The van der Waals surface area contributed by atoms with E-state index in [1.165, 1.54) is 26.0 Å². The first-order chi connectivity index (χ1) is 16.4. The van der Waals surface area contributed by atoms with Crippen molar-refractivity contribution in [1.82, 2.24) is 9.78 Å². The van der Waals surface area contributed by atoms with Crippen molar-refractivity contribution >= 4 is 28.6 Å². The molecule has 1 N–H and O–H groups in total. The van der Waals surface area contributed by atoms with Gasteiger partial charge in [0.25, 0.3) is 0 Å². The molecule has 0 aliphatic carbocycles. The molecule has 0 unspecified atom stereocenters. The SMILES string of the molecule is Cc1cc(SCc2cccc3nn(-c4ccc(C(F)(F)F)cc4)cc23)ccc1OC(C)(C)C(=O)O. The minimum absolute atomic E-state index is 0.515. The normalized spacial score (nSPS) is 12.2. The fraction of sp³-hybridized carbons (Fsp3) is 0.231. The summed E-state index contributed by atoms with van der Waals surface area (Å²) in [7, 11) is 0. The van der Waals surface area contributed by atoms with Crippen LogP contribution in [0, 0.1) is 6.92 Å². The van der Waals surface area contributed by atoms with E-state index in [9.17, 15) is 23.1 Å². The number of halogens is 3. The van der Waals surface area contributed by atoms with Gasteiger partial charge in [-0.15, -0.1) is 11.8 Å². The predicted octanol–water partition coefficient (Wildman–Crippen LogP) is 6.89. The number of nitrogens with zero attached hydrogens (tertiary/aromatic N) is 2. The van der Waals surface area contributed by atoms with Gasteiger partial charge in [-0.25, -0.2) is 9.48 Å². The highest BCUT2D eigenvalue weighted by atomic mass is 32.2. The zero-order valence-electron chi connectivity index (χ0n) is 19.3. The quantitative estimate of drug-likeness (QED) is 0.280. The Morgan fingerprint density at radius 2 is 1.80 bits per heavy atom. The Labute approximate surface area is 204 Å². The number of ether oxygens (including phenoxy) is 1. The Balaban J connectivity index is 1.52. The molecular formula is C26H23F3N2O3S. The van der Waals surface area contributed by atoms with Crippen LogP contribution in [-0.4, -0.2) is 26.5 Å². The van der Waals surface area contributed by atoms with Crippen LogP contribution in [0.25, 0.3) is 16.6 Å². The van der Waals surface area contributed by atoms with Crippen LogP contribution in [0.5, 0.6) is 5.75 Å². The first-order valence-electron chi connectivity index (χ1n) is 10.7.